The molecule has 2 atom stereocenters. The molecule has 2 aliphatic rings. The highest BCUT2D eigenvalue weighted by molar-refractivity contribution is 7.22. The Hall–Kier alpha value is -2.77. The van der Waals surface area contributed by atoms with Gasteiger partial charge in [-0.25, -0.2) is 4.98 Å². The lowest BCUT2D eigenvalue weighted by Crippen LogP contribution is -2.42. The second-order valence-electron chi connectivity index (χ2n) is 8.21. The summed E-state index contributed by atoms with van der Waals surface area (Å²) >= 11 is 1.52. The fraction of sp³-hybridized carbons (Fsp3) is 0.375. The number of carbonyl (C=O) groups is 2. The van der Waals surface area contributed by atoms with Gasteiger partial charge in [-0.3, -0.25) is 14.5 Å². The molecule has 2 saturated heterocycles. The molecule has 6 nitrogen and oxygen atoms in total. The molecule has 0 bridgehead atoms. The molecule has 2 aromatic carbocycles. The lowest BCUT2D eigenvalue weighted by molar-refractivity contribution is -0.129. The Bertz CT molecular complexity index is 1040. The number of anilines is 1. The highest BCUT2D eigenvalue weighted by Crippen LogP contribution is 2.32. The number of rotatable bonds is 6. The first-order chi connectivity index (χ1) is 15.2. The largest absolute Gasteiger partial charge is 0.376 e. The Morgan fingerprint density at radius 2 is 1.97 bits per heavy atom. The van der Waals surface area contributed by atoms with Crippen LogP contribution in [-0.4, -0.2) is 47.5 Å². The Morgan fingerprint density at radius 3 is 2.74 bits per heavy atom. The van der Waals surface area contributed by atoms with Crippen LogP contribution in [0.1, 0.15) is 24.8 Å². The summed E-state index contributed by atoms with van der Waals surface area (Å²) in [6.07, 6.45) is 2.23. The van der Waals surface area contributed by atoms with E-state index in [0.29, 0.717) is 24.8 Å². The topological polar surface area (TPSA) is 62.7 Å². The molecule has 0 radical (unpaired) electrons. The Labute approximate surface area is 185 Å². The first-order valence-corrected chi connectivity index (χ1v) is 11.6. The zero-order valence-corrected chi connectivity index (χ0v) is 18.1. The first kappa shape index (κ1) is 20.2. The molecule has 160 valence electrons. The first-order valence-electron chi connectivity index (χ1n) is 10.8. The minimum absolute atomic E-state index is 0.0217. The number of benzene rings is 2. The Balaban J connectivity index is 1.36. The molecule has 2 amide bonds. The van der Waals surface area contributed by atoms with Crippen LogP contribution in [0.2, 0.25) is 0 Å². The third kappa shape index (κ3) is 4.34. The van der Waals surface area contributed by atoms with Crippen molar-refractivity contribution in [1.29, 1.82) is 0 Å². The van der Waals surface area contributed by atoms with Gasteiger partial charge in [0.05, 0.1) is 28.8 Å². The molecule has 2 aliphatic heterocycles. The quantitative estimate of drug-likeness (QED) is 0.590. The van der Waals surface area contributed by atoms with E-state index in [2.05, 4.69) is 0 Å². The number of likely N-dealkylation sites (tertiary alicyclic amines) is 1. The van der Waals surface area contributed by atoms with E-state index in [0.717, 1.165) is 35.2 Å². The van der Waals surface area contributed by atoms with Gasteiger partial charge in [-0.1, -0.05) is 53.8 Å². The number of hydrogen-bond donors (Lipinski definition) is 0. The second-order valence-corrected chi connectivity index (χ2v) is 9.22. The highest BCUT2D eigenvalue weighted by Gasteiger charge is 2.38. The maximum Gasteiger partial charge on any atom is 0.234 e. The van der Waals surface area contributed by atoms with E-state index in [4.69, 9.17) is 9.72 Å². The van der Waals surface area contributed by atoms with Crippen LogP contribution in [0.25, 0.3) is 10.2 Å². The van der Waals surface area contributed by atoms with E-state index in [1.165, 1.54) is 11.3 Å². The van der Waals surface area contributed by atoms with Crippen LogP contribution in [0.3, 0.4) is 0 Å². The minimum Gasteiger partial charge on any atom is -0.376 e. The lowest BCUT2D eigenvalue weighted by atomic mass is 10.1. The molecule has 0 saturated carbocycles. The van der Waals surface area contributed by atoms with Crippen molar-refractivity contribution in [2.45, 2.75) is 31.9 Å². The molecule has 3 aromatic rings. The van der Waals surface area contributed by atoms with Gasteiger partial charge in [0.15, 0.2) is 5.13 Å². The third-order valence-electron chi connectivity index (χ3n) is 5.97. The number of aromatic nitrogens is 1. The fourth-order valence-corrected chi connectivity index (χ4v) is 5.32. The summed E-state index contributed by atoms with van der Waals surface area (Å²) in [6.45, 7) is 2.21. The standard InChI is InChI=1S/C24H25N3O3S/c28-22-13-18(15-26(22)14-17-7-2-1-3-8-17)23(29)27(16-19-9-6-12-30-19)24-25-20-10-4-5-11-21(20)31-24/h1-5,7-8,10-11,18-19H,6,9,12-16H2/t18-,19+/m0/s1. The van der Waals surface area contributed by atoms with Gasteiger partial charge < -0.3 is 9.64 Å². The fourth-order valence-electron chi connectivity index (χ4n) is 4.34. The van der Waals surface area contributed by atoms with E-state index in [9.17, 15) is 9.59 Å². The molecule has 7 heteroatoms. The van der Waals surface area contributed by atoms with Crippen molar-refractivity contribution >= 4 is 38.5 Å². The molecule has 0 spiro atoms. The van der Waals surface area contributed by atoms with Crippen molar-refractivity contribution < 1.29 is 14.3 Å². The van der Waals surface area contributed by atoms with E-state index in [-0.39, 0.29) is 30.3 Å². The Morgan fingerprint density at radius 1 is 1.16 bits per heavy atom. The van der Waals surface area contributed by atoms with Gasteiger partial charge in [-0.05, 0) is 30.5 Å². The molecule has 1 aromatic heterocycles. The molecular weight excluding hydrogens is 410 g/mol. The summed E-state index contributed by atoms with van der Waals surface area (Å²) in [4.78, 5) is 34.6. The van der Waals surface area contributed by atoms with Crippen molar-refractivity contribution in [2.75, 3.05) is 24.6 Å². The van der Waals surface area contributed by atoms with Gasteiger partial charge in [0.1, 0.15) is 0 Å². The lowest BCUT2D eigenvalue weighted by Gasteiger charge is -2.25. The van der Waals surface area contributed by atoms with Gasteiger partial charge in [0.2, 0.25) is 11.8 Å². The van der Waals surface area contributed by atoms with Crippen LogP contribution >= 0.6 is 11.3 Å². The molecule has 0 unspecified atom stereocenters. The van der Waals surface area contributed by atoms with Gasteiger partial charge in [-0.2, -0.15) is 0 Å². The average Bonchev–Trinajstić information content (AvgIpc) is 3.52. The van der Waals surface area contributed by atoms with Gasteiger partial charge in [0.25, 0.3) is 0 Å². The molecule has 2 fully saturated rings. The maximum absolute atomic E-state index is 13.6. The number of ether oxygens (including phenoxy) is 1. The van der Waals surface area contributed by atoms with Crippen LogP contribution in [-0.2, 0) is 20.9 Å². The third-order valence-corrected chi connectivity index (χ3v) is 7.03. The second kappa shape index (κ2) is 8.77. The molecule has 0 N–H and O–H groups in total. The van der Waals surface area contributed by atoms with Crippen molar-refractivity contribution in [1.82, 2.24) is 9.88 Å². The summed E-state index contributed by atoms with van der Waals surface area (Å²) in [5.41, 5.74) is 1.96. The summed E-state index contributed by atoms with van der Waals surface area (Å²) in [5.74, 6) is -0.355. The highest BCUT2D eigenvalue weighted by atomic mass is 32.1. The average molecular weight is 436 g/mol. The zero-order valence-electron chi connectivity index (χ0n) is 17.3. The molecule has 31 heavy (non-hydrogen) atoms. The summed E-state index contributed by atoms with van der Waals surface area (Å²) in [6, 6.07) is 17.8. The summed E-state index contributed by atoms with van der Waals surface area (Å²) in [7, 11) is 0. The number of amides is 2. The molecular formula is C24H25N3O3S. The summed E-state index contributed by atoms with van der Waals surface area (Å²) < 4.78 is 6.87. The zero-order chi connectivity index (χ0) is 21.2. The van der Waals surface area contributed by atoms with Crippen molar-refractivity contribution in [3.63, 3.8) is 0 Å². The van der Waals surface area contributed by atoms with E-state index >= 15 is 0 Å². The Kier molecular flexibility index (Phi) is 5.70. The van der Waals surface area contributed by atoms with Crippen molar-refractivity contribution in [2.24, 2.45) is 5.92 Å². The van der Waals surface area contributed by atoms with E-state index in [1.54, 1.807) is 9.80 Å². The van der Waals surface area contributed by atoms with Crippen LogP contribution in [0.4, 0.5) is 5.13 Å². The number of nitrogens with zero attached hydrogens (tertiary/aromatic N) is 3. The number of carbonyl (C=O) groups excluding carboxylic acids is 2. The normalized spacial score (nSPS) is 21.2. The smallest absolute Gasteiger partial charge is 0.234 e. The SMILES string of the molecule is O=C1C[C@H](C(=O)N(C[C@H]2CCCO2)c2nc3ccccc3s2)CN1Cc1ccccc1. The minimum atomic E-state index is -0.357. The van der Waals surface area contributed by atoms with Crippen molar-refractivity contribution in [3.8, 4) is 0 Å². The van der Waals surface area contributed by atoms with Gasteiger partial charge >= 0.3 is 0 Å². The van der Waals surface area contributed by atoms with Crippen LogP contribution in [0, 0.1) is 5.92 Å². The van der Waals surface area contributed by atoms with Gasteiger partial charge in [0, 0.05) is 26.1 Å². The van der Waals surface area contributed by atoms with Crippen LogP contribution in [0.15, 0.2) is 54.6 Å². The van der Waals surface area contributed by atoms with Crippen LogP contribution < -0.4 is 4.90 Å². The monoisotopic (exact) mass is 435 g/mol. The van der Waals surface area contributed by atoms with Crippen LogP contribution in [0.5, 0.6) is 0 Å². The predicted octanol–water partition coefficient (Wildman–Crippen LogP) is 3.86. The maximum atomic E-state index is 13.6. The number of fused-ring (bicyclic) bond motifs is 1. The predicted molar refractivity (Wildman–Crippen MR) is 121 cm³/mol. The number of thiazole rings is 1. The van der Waals surface area contributed by atoms with E-state index in [1.807, 2.05) is 54.6 Å². The molecule has 5 rings (SSSR count). The number of para-hydroxylation sites is 1. The molecule has 3 heterocycles. The number of hydrogen-bond acceptors (Lipinski definition) is 5. The molecule has 0 aliphatic carbocycles. The summed E-state index contributed by atoms with van der Waals surface area (Å²) in [5, 5.41) is 0.690. The van der Waals surface area contributed by atoms with Crippen molar-refractivity contribution in [3.05, 3.63) is 60.2 Å². The van der Waals surface area contributed by atoms with Gasteiger partial charge in [-0.15, -0.1) is 0 Å². The van der Waals surface area contributed by atoms with E-state index < -0.39 is 0 Å².